The molecule has 20 heavy (non-hydrogen) atoms. The normalized spacial score (nSPS) is 22.3. The smallest absolute Gasteiger partial charge is 0.306 e. The zero-order valence-electron chi connectivity index (χ0n) is 11.8. The van der Waals surface area contributed by atoms with Crippen LogP contribution in [0.1, 0.15) is 37.1 Å². The first kappa shape index (κ1) is 14.5. The molecular formula is C15H20N2O3. The summed E-state index contributed by atoms with van der Waals surface area (Å²) >= 11 is 0. The third-order valence-corrected chi connectivity index (χ3v) is 3.93. The second-order valence-corrected chi connectivity index (χ2v) is 5.46. The lowest BCUT2D eigenvalue weighted by atomic mass is 9.81. The van der Waals surface area contributed by atoms with Crippen LogP contribution in [0.15, 0.2) is 12.1 Å². The van der Waals surface area contributed by atoms with Gasteiger partial charge in [0.05, 0.1) is 17.3 Å². The summed E-state index contributed by atoms with van der Waals surface area (Å²) in [6.07, 6.45) is 2.44. The van der Waals surface area contributed by atoms with Crippen LogP contribution in [0.3, 0.4) is 0 Å². The number of aryl methyl sites for hydroxylation is 2. The van der Waals surface area contributed by atoms with Crippen molar-refractivity contribution < 1.29 is 14.7 Å². The van der Waals surface area contributed by atoms with Crippen LogP contribution in [-0.4, -0.2) is 22.0 Å². The number of hydrogen-bond donors (Lipinski definition) is 2. The second-order valence-electron chi connectivity index (χ2n) is 5.46. The van der Waals surface area contributed by atoms with Gasteiger partial charge in [0.25, 0.3) is 0 Å². The molecule has 1 aromatic heterocycles. The largest absolute Gasteiger partial charge is 0.481 e. The SMILES string of the molecule is Cc1ccc(NC(=O)C2CCC(C(=O)O)CC2)c(C)n1. The number of pyridine rings is 1. The molecule has 1 aliphatic carbocycles. The molecule has 1 heterocycles. The Morgan fingerprint density at radius 1 is 1.15 bits per heavy atom. The van der Waals surface area contributed by atoms with Crippen LogP contribution in [0.25, 0.3) is 0 Å². The van der Waals surface area contributed by atoms with Gasteiger partial charge in [-0.3, -0.25) is 14.6 Å². The van der Waals surface area contributed by atoms with E-state index >= 15 is 0 Å². The van der Waals surface area contributed by atoms with Gasteiger partial charge in [0.15, 0.2) is 0 Å². The fourth-order valence-electron chi connectivity index (χ4n) is 2.66. The first-order valence-electron chi connectivity index (χ1n) is 6.95. The van der Waals surface area contributed by atoms with Gasteiger partial charge in [-0.25, -0.2) is 0 Å². The molecule has 0 aromatic carbocycles. The molecule has 0 atom stereocenters. The average Bonchev–Trinajstić information content (AvgIpc) is 2.42. The van der Waals surface area contributed by atoms with E-state index in [9.17, 15) is 9.59 Å². The molecule has 2 N–H and O–H groups in total. The predicted octanol–water partition coefficient (Wildman–Crippen LogP) is 2.53. The molecule has 0 radical (unpaired) electrons. The molecular weight excluding hydrogens is 256 g/mol. The van der Waals surface area contributed by atoms with Crippen LogP contribution in [0, 0.1) is 25.7 Å². The van der Waals surface area contributed by atoms with Crippen LogP contribution in [0.5, 0.6) is 0 Å². The van der Waals surface area contributed by atoms with Crippen molar-refractivity contribution >= 4 is 17.6 Å². The van der Waals surface area contributed by atoms with Gasteiger partial charge < -0.3 is 10.4 Å². The van der Waals surface area contributed by atoms with Gasteiger partial charge in [0.1, 0.15) is 0 Å². The number of aromatic nitrogens is 1. The summed E-state index contributed by atoms with van der Waals surface area (Å²) in [5, 5.41) is 11.9. The van der Waals surface area contributed by atoms with E-state index in [1.54, 1.807) is 0 Å². The summed E-state index contributed by atoms with van der Waals surface area (Å²) in [4.78, 5) is 27.4. The molecule has 1 saturated carbocycles. The maximum absolute atomic E-state index is 12.2. The zero-order chi connectivity index (χ0) is 14.7. The second kappa shape index (κ2) is 6.03. The lowest BCUT2D eigenvalue weighted by molar-refractivity contribution is -0.143. The molecule has 108 valence electrons. The Bertz CT molecular complexity index is 520. The Hall–Kier alpha value is -1.91. The highest BCUT2D eigenvalue weighted by Crippen LogP contribution is 2.30. The van der Waals surface area contributed by atoms with E-state index < -0.39 is 5.97 Å². The van der Waals surface area contributed by atoms with Crippen LogP contribution >= 0.6 is 0 Å². The van der Waals surface area contributed by atoms with Crippen molar-refractivity contribution in [1.29, 1.82) is 0 Å². The van der Waals surface area contributed by atoms with E-state index in [0.717, 1.165) is 17.1 Å². The van der Waals surface area contributed by atoms with Crippen molar-refractivity contribution in [3.05, 3.63) is 23.5 Å². The topological polar surface area (TPSA) is 79.3 Å². The summed E-state index contributed by atoms with van der Waals surface area (Å²) in [5.74, 6) is -1.15. The number of nitrogens with one attached hydrogen (secondary N) is 1. The van der Waals surface area contributed by atoms with Gasteiger partial charge in [0.2, 0.25) is 5.91 Å². The van der Waals surface area contributed by atoms with Crippen molar-refractivity contribution in [3.63, 3.8) is 0 Å². The van der Waals surface area contributed by atoms with E-state index in [0.29, 0.717) is 25.7 Å². The molecule has 0 aliphatic heterocycles. The van der Waals surface area contributed by atoms with Crippen LogP contribution < -0.4 is 5.32 Å². The monoisotopic (exact) mass is 276 g/mol. The molecule has 0 unspecified atom stereocenters. The zero-order valence-corrected chi connectivity index (χ0v) is 11.8. The quantitative estimate of drug-likeness (QED) is 0.889. The van der Waals surface area contributed by atoms with Crippen LogP contribution in [0.4, 0.5) is 5.69 Å². The van der Waals surface area contributed by atoms with E-state index in [1.807, 2.05) is 26.0 Å². The maximum atomic E-state index is 12.2. The van der Waals surface area contributed by atoms with E-state index in [2.05, 4.69) is 10.3 Å². The van der Waals surface area contributed by atoms with Crippen molar-refractivity contribution in [3.8, 4) is 0 Å². The minimum Gasteiger partial charge on any atom is -0.481 e. The summed E-state index contributed by atoms with van der Waals surface area (Å²) in [7, 11) is 0. The fourth-order valence-corrected chi connectivity index (χ4v) is 2.66. The number of aliphatic carboxylic acids is 1. The fraction of sp³-hybridized carbons (Fsp3) is 0.533. The van der Waals surface area contributed by atoms with Gasteiger partial charge in [-0.05, 0) is 51.7 Å². The molecule has 1 aromatic rings. The third kappa shape index (κ3) is 3.35. The number of rotatable bonds is 3. The molecule has 5 nitrogen and oxygen atoms in total. The minimum absolute atomic E-state index is 0.0254. The molecule has 5 heteroatoms. The standard InChI is InChI=1S/C15H20N2O3/c1-9-3-8-13(10(2)16-9)17-14(18)11-4-6-12(7-5-11)15(19)20/h3,8,11-12H,4-7H2,1-2H3,(H,17,18)(H,19,20). The van der Waals surface area contributed by atoms with Gasteiger partial charge in [-0.2, -0.15) is 0 Å². The van der Waals surface area contributed by atoms with Crippen molar-refractivity contribution in [2.75, 3.05) is 5.32 Å². The number of carboxylic acid groups (broad SMARTS) is 1. The van der Waals surface area contributed by atoms with Crippen molar-refractivity contribution in [2.45, 2.75) is 39.5 Å². The van der Waals surface area contributed by atoms with Gasteiger partial charge >= 0.3 is 5.97 Å². The number of hydrogen-bond acceptors (Lipinski definition) is 3. The van der Waals surface area contributed by atoms with Crippen LogP contribution in [0.2, 0.25) is 0 Å². The molecule has 1 aliphatic rings. The Labute approximate surface area is 118 Å². The minimum atomic E-state index is -0.748. The maximum Gasteiger partial charge on any atom is 0.306 e. The third-order valence-electron chi connectivity index (χ3n) is 3.93. The summed E-state index contributed by atoms with van der Waals surface area (Å²) in [5.41, 5.74) is 2.46. The van der Waals surface area contributed by atoms with E-state index in [4.69, 9.17) is 5.11 Å². The summed E-state index contributed by atoms with van der Waals surface area (Å²) < 4.78 is 0. The highest BCUT2D eigenvalue weighted by Gasteiger charge is 2.29. The number of carboxylic acids is 1. The number of anilines is 1. The Morgan fingerprint density at radius 3 is 2.30 bits per heavy atom. The molecule has 0 bridgehead atoms. The number of amides is 1. The first-order chi connectivity index (χ1) is 9.47. The van der Waals surface area contributed by atoms with Crippen molar-refractivity contribution in [1.82, 2.24) is 4.98 Å². The molecule has 0 saturated heterocycles. The van der Waals surface area contributed by atoms with Crippen molar-refractivity contribution in [2.24, 2.45) is 11.8 Å². The highest BCUT2D eigenvalue weighted by molar-refractivity contribution is 5.93. The lowest BCUT2D eigenvalue weighted by Crippen LogP contribution is -2.29. The van der Waals surface area contributed by atoms with Gasteiger partial charge in [0, 0.05) is 11.6 Å². The van der Waals surface area contributed by atoms with Crippen LogP contribution in [-0.2, 0) is 9.59 Å². The average molecular weight is 276 g/mol. The predicted molar refractivity (Wildman–Crippen MR) is 75.4 cm³/mol. The Balaban J connectivity index is 1.94. The number of carbonyl (C=O) groups excluding carboxylic acids is 1. The summed E-state index contributed by atoms with van der Waals surface area (Å²) in [6, 6.07) is 3.72. The molecule has 1 amide bonds. The lowest BCUT2D eigenvalue weighted by Gasteiger charge is -2.25. The Morgan fingerprint density at radius 2 is 1.75 bits per heavy atom. The summed E-state index contributed by atoms with van der Waals surface area (Å²) in [6.45, 7) is 3.77. The first-order valence-corrected chi connectivity index (χ1v) is 6.95. The number of carbonyl (C=O) groups is 2. The number of nitrogens with zero attached hydrogens (tertiary/aromatic N) is 1. The molecule has 0 spiro atoms. The molecule has 1 fully saturated rings. The highest BCUT2D eigenvalue weighted by atomic mass is 16.4. The van der Waals surface area contributed by atoms with E-state index in [1.165, 1.54) is 0 Å². The molecule has 2 rings (SSSR count). The van der Waals surface area contributed by atoms with Gasteiger partial charge in [-0.1, -0.05) is 0 Å². The Kier molecular flexibility index (Phi) is 4.37. The van der Waals surface area contributed by atoms with Gasteiger partial charge in [-0.15, -0.1) is 0 Å². The van der Waals surface area contributed by atoms with E-state index in [-0.39, 0.29) is 17.7 Å².